The van der Waals surface area contributed by atoms with Crippen LogP contribution in [0.5, 0.6) is 0 Å². The Morgan fingerprint density at radius 2 is 2.19 bits per heavy atom. The van der Waals surface area contributed by atoms with Gasteiger partial charge < -0.3 is 14.1 Å². The van der Waals surface area contributed by atoms with Crippen LogP contribution in [0, 0.1) is 5.92 Å². The molecule has 1 atom stereocenters. The lowest BCUT2D eigenvalue weighted by molar-refractivity contribution is -0.147. The fourth-order valence-electron chi connectivity index (χ4n) is 3.21. The van der Waals surface area contributed by atoms with Crippen LogP contribution in [0.15, 0.2) is 46.9 Å². The van der Waals surface area contributed by atoms with Crippen molar-refractivity contribution in [2.45, 2.75) is 13.3 Å². The summed E-state index contributed by atoms with van der Waals surface area (Å²) in [5.41, 5.74) is 2.75. The number of nitrogens with zero attached hydrogens (tertiary/aromatic N) is 2. The number of carbonyl (C=O) groups is 2. The number of esters is 1. The second-order valence-corrected chi connectivity index (χ2v) is 6.78. The van der Waals surface area contributed by atoms with Crippen molar-refractivity contribution in [3.63, 3.8) is 0 Å². The van der Waals surface area contributed by atoms with E-state index in [2.05, 4.69) is 4.98 Å². The van der Waals surface area contributed by atoms with E-state index in [1.54, 1.807) is 30.0 Å². The first-order valence-corrected chi connectivity index (χ1v) is 9.06. The Bertz CT molecular complexity index is 1030. The number of oxazole rings is 1. The molecule has 0 bridgehead atoms. The molecule has 2 aromatic carbocycles. The molecule has 138 valence electrons. The number of amides is 1. The Kier molecular flexibility index (Phi) is 4.58. The molecular weight excluding hydrogens is 368 g/mol. The average molecular weight is 385 g/mol. The zero-order valence-electron chi connectivity index (χ0n) is 14.6. The van der Waals surface area contributed by atoms with Crippen LogP contribution >= 0.6 is 11.6 Å². The quantitative estimate of drug-likeness (QED) is 0.634. The van der Waals surface area contributed by atoms with Crippen LogP contribution in [0.3, 0.4) is 0 Å². The Labute approximate surface area is 160 Å². The molecule has 1 unspecified atom stereocenters. The summed E-state index contributed by atoms with van der Waals surface area (Å²) in [6, 6.07) is 12.6. The highest BCUT2D eigenvalue weighted by atomic mass is 35.5. The van der Waals surface area contributed by atoms with Gasteiger partial charge in [-0.25, -0.2) is 4.98 Å². The fourth-order valence-corrected chi connectivity index (χ4v) is 3.37. The van der Waals surface area contributed by atoms with E-state index in [1.807, 2.05) is 24.3 Å². The molecule has 1 saturated heterocycles. The molecule has 0 aliphatic carbocycles. The van der Waals surface area contributed by atoms with Gasteiger partial charge in [0.1, 0.15) is 5.52 Å². The molecule has 1 aliphatic heterocycles. The molecule has 0 saturated carbocycles. The van der Waals surface area contributed by atoms with Crippen LogP contribution in [-0.4, -0.2) is 30.0 Å². The standard InChI is InChI=1S/C20H17ClN2O4/c1-2-26-20(25)13-9-18(24)23(11-13)15-5-3-4-12(8-15)19-22-16-10-14(21)6-7-17(16)27-19/h3-8,10,13H,2,9,11H2,1H3. The van der Waals surface area contributed by atoms with Crippen LogP contribution in [0.25, 0.3) is 22.6 Å². The van der Waals surface area contributed by atoms with Crippen LogP contribution < -0.4 is 4.90 Å². The second-order valence-electron chi connectivity index (χ2n) is 6.34. The molecule has 0 N–H and O–H groups in total. The lowest BCUT2D eigenvalue weighted by Crippen LogP contribution is -2.26. The number of carbonyl (C=O) groups excluding carboxylic acids is 2. The maximum absolute atomic E-state index is 12.4. The molecular formula is C20H17ClN2O4. The van der Waals surface area contributed by atoms with Crippen LogP contribution in [0.1, 0.15) is 13.3 Å². The van der Waals surface area contributed by atoms with Crippen molar-refractivity contribution >= 4 is 40.3 Å². The van der Waals surface area contributed by atoms with Crippen molar-refractivity contribution in [2.75, 3.05) is 18.1 Å². The Morgan fingerprint density at radius 3 is 3.00 bits per heavy atom. The van der Waals surface area contributed by atoms with E-state index in [1.165, 1.54) is 0 Å². The highest BCUT2D eigenvalue weighted by molar-refractivity contribution is 6.31. The molecule has 1 fully saturated rings. The summed E-state index contributed by atoms with van der Waals surface area (Å²) in [5.74, 6) is -0.426. The molecule has 4 rings (SSSR count). The van der Waals surface area contributed by atoms with Gasteiger partial charge in [0.2, 0.25) is 11.8 Å². The van der Waals surface area contributed by atoms with E-state index in [0.29, 0.717) is 40.9 Å². The molecule has 27 heavy (non-hydrogen) atoms. The maximum Gasteiger partial charge on any atom is 0.311 e. The molecule has 2 heterocycles. The fraction of sp³-hybridized carbons (Fsp3) is 0.250. The van der Waals surface area contributed by atoms with E-state index in [9.17, 15) is 9.59 Å². The van der Waals surface area contributed by atoms with E-state index in [0.717, 1.165) is 5.56 Å². The lowest BCUT2D eigenvalue weighted by Gasteiger charge is -2.17. The van der Waals surface area contributed by atoms with Crippen molar-refractivity contribution in [3.8, 4) is 11.5 Å². The Hall–Kier alpha value is -2.86. The third kappa shape index (κ3) is 3.40. The largest absolute Gasteiger partial charge is 0.466 e. The highest BCUT2D eigenvalue weighted by Gasteiger charge is 2.36. The second kappa shape index (κ2) is 7.04. The summed E-state index contributed by atoms with van der Waals surface area (Å²) in [7, 11) is 0. The maximum atomic E-state index is 12.4. The Balaban J connectivity index is 1.62. The topological polar surface area (TPSA) is 72.6 Å². The highest BCUT2D eigenvalue weighted by Crippen LogP contribution is 2.31. The summed E-state index contributed by atoms with van der Waals surface area (Å²) in [6.45, 7) is 2.37. The minimum atomic E-state index is -0.437. The van der Waals surface area contributed by atoms with Crippen molar-refractivity contribution < 1.29 is 18.7 Å². The van der Waals surface area contributed by atoms with E-state index in [4.69, 9.17) is 20.8 Å². The minimum Gasteiger partial charge on any atom is -0.466 e. The van der Waals surface area contributed by atoms with Gasteiger partial charge in [-0.15, -0.1) is 0 Å². The summed E-state index contributed by atoms with van der Waals surface area (Å²) < 4.78 is 10.8. The molecule has 1 aliphatic rings. The predicted octanol–water partition coefficient (Wildman–Crippen LogP) is 4.06. The van der Waals surface area contributed by atoms with Crippen molar-refractivity contribution in [2.24, 2.45) is 5.92 Å². The van der Waals surface area contributed by atoms with E-state index < -0.39 is 5.92 Å². The number of anilines is 1. The molecule has 1 aromatic heterocycles. The number of rotatable bonds is 4. The van der Waals surface area contributed by atoms with Gasteiger partial charge in [-0.2, -0.15) is 0 Å². The van der Waals surface area contributed by atoms with Crippen LogP contribution in [-0.2, 0) is 14.3 Å². The van der Waals surface area contributed by atoms with Gasteiger partial charge >= 0.3 is 5.97 Å². The van der Waals surface area contributed by atoms with Gasteiger partial charge in [0, 0.05) is 29.2 Å². The van der Waals surface area contributed by atoms with Gasteiger partial charge in [0.25, 0.3) is 0 Å². The molecule has 0 radical (unpaired) electrons. The van der Waals surface area contributed by atoms with Crippen molar-refractivity contribution in [1.82, 2.24) is 4.98 Å². The minimum absolute atomic E-state index is 0.102. The zero-order valence-corrected chi connectivity index (χ0v) is 15.4. The summed E-state index contributed by atoms with van der Waals surface area (Å²) in [4.78, 5) is 30.4. The monoisotopic (exact) mass is 384 g/mol. The van der Waals surface area contributed by atoms with Gasteiger partial charge in [-0.05, 0) is 43.3 Å². The Morgan fingerprint density at radius 1 is 1.33 bits per heavy atom. The first kappa shape index (κ1) is 17.5. The number of hydrogen-bond donors (Lipinski definition) is 0. The van der Waals surface area contributed by atoms with Gasteiger partial charge in [0.15, 0.2) is 5.58 Å². The smallest absolute Gasteiger partial charge is 0.311 e. The molecule has 7 heteroatoms. The average Bonchev–Trinajstić information content (AvgIpc) is 3.25. The van der Waals surface area contributed by atoms with Gasteiger partial charge in [0.05, 0.1) is 12.5 Å². The molecule has 6 nitrogen and oxygen atoms in total. The third-order valence-electron chi connectivity index (χ3n) is 4.50. The van der Waals surface area contributed by atoms with Crippen LogP contribution in [0.2, 0.25) is 5.02 Å². The number of fused-ring (bicyclic) bond motifs is 1. The summed E-state index contributed by atoms with van der Waals surface area (Å²) >= 11 is 6.00. The van der Waals surface area contributed by atoms with Crippen molar-refractivity contribution in [1.29, 1.82) is 0 Å². The van der Waals surface area contributed by atoms with E-state index >= 15 is 0 Å². The first-order valence-electron chi connectivity index (χ1n) is 8.68. The molecule has 0 spiro atoms. The normalized spacial score (nSPS) is 16.9. The summed E-state index contributed by atoms with van der Waals surface area (Å²) in [6.07, 6.45) is 0.157. The number of ether oxygens (including phenoxy) is 1. The number of hydrogen-bond acceptors (Lipinski definition) is 5. The molecule has 3 aromatic rings. The van der Waals surface area contributed by atoms with Gasteiger partial charge in [-0.1, -0.05) is 17.7 Å². The van der Waals surface area contributed by atoms with Gasteiger partial charge in [-0.3, -0.25) is 9.59 Å². The lowest BCUT2D eigenvalue weighted by atomic mass is 10.1. The number of aromatic nitrogens is 1. The van der Waals surface area contributed by atoms with Crippen LogP contribution in [0.4, 0.5) is 5.69 Å². The number of benzene rings is 2. The van der Waals surface area contributed by atoms with E-state index in [-0.39, 0.29) is 18.3 Å². The zero-order chi connectivity index (χ0) is 19.0. The SMILES string of the molecule is CCOC(=O)C1CC(=O)N(c2cccc(-c3nc4cc(Cl)ccc4o3)c2)C1. The first-order chi connectivity index (χ1) is 13.0. The number of halogens is 1. The molecule has 1 amide bonds. The van der Waals surface area contributed by atoms with Crippen molar-refractivity contribution in [3.05, 3.63) is 47.5 Å². The summed E-state index contributed by atoms with van der Waals surface area (Å²) in [5, 5.41) is 0.587. The predicted molar refractivity (Wildman–Crippen MR) is 102 cm³/mol. The third-order valence-corrected chi connectivity index (χ3v) is 4.73.